The number of halogens is 2. The van der Waals surface area contributed by atoms with Crippen LogP contribution in [-0.4, -0.2) is 17.7 Å². The molecule has 1 aliphatic heterocycles. The van der Waals surface area contributed by atoms with E-state index in [9.17, 15) is 0 Å². The van der Waals surface area contributed by atoms with E-state index in [0.29, 0.717) is 21.5 Å². The van der Waals surface area contributed by atoms with Crippen LogP contribution in [0.15, 0.2) is 59.3 Å². The molecule has 0 spiro atoms. The van der Waals surface area contributed by atoms with Gasteiger partial charge in [-0.1, -0.05) is 168 Å². The van der Waals surface area contributed by atoms with Crippen LogP contribution in [0.25, 0.3) is 32.0 Å². The van der Waals surface area contributed by atoms with Crippen molar-refractivity contribution in [2.45, 2.75) is 152 Å². The molecule has 0 bridgehead atoms. The molecule has 0 radical (unpaired) electrons. The molecule has 2 aromatic carbocycles. The largest absolute Gasteiger partial charge is 0.144 e. The summed E-state index contributed by atoms with van der Waals surface area (Å²) < 4.78 is 0. The summed E-state index contributed by atoms with van der Waals surface area (Å²) in [5.41, 5.74) is 9.05. The van der Waals surface area contributed by atoms with Gasteiger partial charge in [-0.05, 0) is 109 Å². The minimum Gasteiger partial charge on any atom is -0.144 e. The Kier molecular flexibility index (Phi) is 15.0. The van der Waals surface area contributed by atoms with Gasteiger partial charge in [0, 0.05) is 19.4 Å². The van der Waals surface area contributed by atoms with E-state index in [1.165, 1.54) is 116 Å². The second kappa shape index (κ2) is 18.7. The first-order valence-corrected chi connectivity index (χ1v) is 25.5. The van der Waals surface area contributed by atoms with Crippen molar-refractivity contribution in [2.24, 2.45) is 0 Å². The zero-order valence-electron chi connectivity index (χ0n) is 31.1. The van der Waals surface area contributed by atoms with Gasteiger partial charge in [-0.3, -0.25) is 0 Å². The van der Waals surface area contributed by atoms with E-state index in [2.05, 4.69) is 133 Å². The zero-order chi connectivity index (χ0) is 35.0. The van der Waals surface area contributed by atoms with E-state index in [1.54, 1.807) is 27.1 Å². The van der Waals surface area contributed by atoms with Crippen molar-refractivity contribution in [3.63, 3.8) is 0 Å². The lowest BCUT2D eigenvalue weighted by molar-refractivity contribution is 0.616. The van der Waals surface area contributed by atoms with Gasteiger partial charge in [-0.25, -0.2) is 0 Å². The van der Waals surface area contributed by atoms with Crippen LogP contribution in [0.4, 0.5) is 0 Å². The molecule has 4 unspecified atom stereocenters. The first-order valence-electron chi connectivity index (χ1n) is 19.5. The maximum atomic E-state index is 4.00. The van der Waals surface area contributed by atoms with Crippen LogP contribution in [0.3, 0.4) is 0 Å². The van der Waals surface area contributed by atoms with Crippen molar-refractivity contribution in [3.05, 3.63) is 70.4 Å². The highest BCUT2D eigenvalue weighted by molar-refractivity contribution is 9.09. The predicted molar refractivity (Wildman–Crippen MR) is 233 cm³/mol. The molecule has 1 aliphatic rings. The van der Waals surface area contributed by atoms with Crippen molar-refractivity contribution in [2.75, 3.05) is 0 Å². The molecular formula is C44H60Br2S2Si. The fraction of sp³-hybridized carbons (Fsp3) is 0.545. The highest BCUT2D eigenvalue weighted by Crippen LogP contribution is 2.45. The van der Waals surface area contributed by atoms with Crippen LogP contribution >= 0.6 is 54.5 Å². The molecule has 0 aliphatic carbocycles. The summed E-state index contributed by atoms with van der Waals surface area (Å²) in [6.45, 7) is 14.0. The third-order valence-corrected chi connectivity index (χ3v) is 19.9. The first kappa shape index (κ1) is 39.2. The molecular weight excluding hydrogens is 781 g/mol. The third kappa shape index (κ3) is 8.64. The van der Waals surface area contributed by atoms with Crippen molar-refractivity contribution in [1.82, 2.24) is 0 Å². The summed E-state index contributed by atoms with van der Waals surface area (Å²) in [4.78, 5) is 3.91. The Morgan fingerprint density at radius 3 is 1.55 bits per heavy atom. The van der Waals surface area contributed by atoms with Crippen molar-refractivity contribution >= 4 is 73.0 Å². The molecule has 4 atom stereocenters. The van der Waals surface area contributed by atoms with Gasteiger partial charge >= 0.3 is 0 Å². The van der Waals surface area contributed by atoms with Gasteiger partial charge in [-0.15, -0.1) is 22.7 Å². The Morgan fingerprint density at radius 1 is 0.551 bits per heavy atom. The summed E-state index contributed by atoms with van der Waals surface area (Å²) in [5.74, 6) is 1.09. The number of rotatable bonds is 20. The Morgan fingerprint density at radius 2 is 1.06 bits per heavy atom. The van der Waals surface area contributed by atoms with Gasteiger partial charge in [-0.2, -0.15) is 0 Å². The van der Waals surface area contributed by atoms with E-state index >= 15 is 0 Å². The number of alkyl halides is 2. The van der Waals surface area contributed by atoms with Gasteiger partial charge < -0.3 is 0 Å². The molecule has 266 valence electrons. The summed E-state index contributed by atoms with van der Waals surface area (Å²) in [7, 11) is -1.98. The lowest BCUT2D eigenvalue weighted by atomic mass is 9.90. The Bertz CT molecular complexity index is 1600. The Balaban J connectivity index is 1.67. The standard InChI is InChI=1S/C44H60Br2S2Si/c1-7-11-13-15-27-49(28-16-14-12-8-2)41-22-20-33(43-38(23-25-47-43)35(17-9-3)31(5)45)29-40(41)37-21-19-34(30-42(37)49)44-39(24-26-48-44)36(18-10-4)32(6)46/h19-26,29-32,35-36H,7-18,27-28H2,1-6H3. The van der Waals surface area contributed by atoms with Gasteiger partial charge in [0.25, 0.3) is 0 Å². The second-order valence-corrected chi connectivity index (χ2v) is 23.7. The van der Waals surface area contributed by atoms with E-state index in [4.69, 9.17) is 0 Å². The molecule has 49 heavy (non-hydrogen) atoms. The van der Waals surface area contributed by atoms with Crippen molar-refractivity contribution in [1.29, 1.82) is 0 Å². The lowest BCUT2D eigenvalue weighted by Crippen LogP contribution is -2.55. The van der Waals surface area contributed by atoms with Crippen LogP contribution in [0.1, 0.15) is 142 Å². The summed E-state index contributed by atoms with van der Waals surface area (Å²) in [6.07, 6.45) is 15.6. The second-order valence-electron chi connectivity index (χ2n) is 14.8. The molecule has 0 amide bonds. The minimum absolute atomic E-state index is 0.465. The average molecular weight is 841 g/mol. The van der Waals surface area contributed by atoms with Crippen LogP contribution in [0, 0.1) is 0 Å². The smallest absolute Gasteiger partial charge is 0.119 e. The number of unbranched alkanes of at least 4 members (excludes halogenated alkanes) is 6. The zero-order valence-corrected chi connectivity index (χ0v) is 36.9. The van der Waals surface area contributed by atoms with E-state index in [-0.39, 0.29) is 0 Å². The van der Waals surface area contributed by atoms with Gasteiger partial charge in [0.05, 0.1) is 0 Å². The number of fused-ring (bicyclic) bond motifs is 3. The van der Waals surface area contributed by atoms with E-state index < -0.39 is 8.07 Å². The van der Waals surface area contributed by atoms with Crippen LogP contribution in [0.2, 0.25) is 12.1 Å². The fourth-order valence-corrected chi connectivity index (χ4v) is 17.4. The summed E-state index contributed by atoms with van der Waals surface area (Å²) >= 11 is 11.9. The third-order valence-electron chi connectivity index (χ3n) is 11.3. The number of hydrogen-bond acceptors (Lipinski definition) is 2. The molecule has 0 N–H and O–H groups in total. The topological polar surface area (TPSA) is 0 Å². The molecule has 0 nitrogen and oxygen atoms in total. The highest BCUT2D eigenvalue weighted by Gasteiger charge is 2.45. The van der Waals surface area contributed by atoms with E-state index in [1.807, 2.05) is 22.7 Å². The maximum Gasteiger partial charge on any atom is 0.119 e. The molecule has 2 aromatic heterocycles. The molecule has 0 saturated heterocycles. The van der Waals surface area contributed by atoms with Gasteiger partial charge in [0.2, 0.25) is 0 Å². The van der Waals surface area contributed by atoms with Crippen molar-refractivity contribution < 1.29 is 0 Å². The SMILES string of the molecule is CCCCCC[Si]1(CCCCCC)c2ccc(-c3sccc3C(CCC)C(C)Br)cc2-c2ccc(-c3sccc3C(CCC)C(C)Br)cc21. The first-order chi connectivity index (χ1) is 23.8. The molecule has 5 rings (SSSR count). The normalized spacial score (nSPS) is 15.9. The lowest BCUT2D eigenvalue weighted by Gasteiger charge is -2.31. The molecule has 0 saturated carbocycles. The fourth-order valence-electron chi connectivity index (χ4n) is 8.74. The van der Waals surface area contributed by atoms with Gasteiger partial charge in [0.1, 0.15) is 8.07 Å². The highest BCUT2D eigenvalue weighted by atomic mass is 79.9. The van der Waals surface area contributed by atoms with Crippen molar-refractivity contribution in [3.8, 4) is 32.0 Å². The monoisotopic (exact) mass is 838 g/mol. The molecule has 4 aromatic rings. The predicted octanol–water partition coefficient (Wildman–Crippen LogP) is 15.2. The maximum absolute atomic E-state index is 4.00. The minimum atomic E-state index is -1.98. The number of hydrogen-bond donors (Lipinski definition) is 0. The Labute approximate surface area is 325 Å². The van der Waals surface area contributed by atoms with Crippen LogP contribution < -0.4 is 10.4 Å². The van der Waals surface area contributed by atoms with E-state index in [0.717, 1.165) is 0 Å². The number of benzene rings is 2. The molecule has 5 heteroatoms. The number of thiophene rings is 2. The van der Waals surface area contributed by atoms with Gasteiger partial charge in [0.15, 0.2) is 0 Å². The summed E-state index contributed by atoms with van der Waals surface area (Å²) in [6, 6.07) is 23.1. The quantitative estimate of drug-likeness (QED) is 0.0472. The molecule has 0 fully saturated rings. The van der Waals surface area contributed by atoms with Crippen LogP contribution in [-0.2, 0) is 0 Å². The van der Waals surface area contributed by atoms with Crippen LogP contribution in [0.5, 0.6) is 0 Å². The molecule has 3 heterocycles. The average Bonchev–Trinajstić information content (AvgIpc) is 3.84. The Hall–Kier alpha value is -0.983. The summed E-state index contributed by atoms with van der Waals surface area (Å²) in [5, 5.41) is 8.15.